The third kappa shape index (κ3) is 1.25. The van der Waals surface area contributed by atoms with Gasteiger partial charge in [-0.25, -0.2) is 0 Å². The van der Waals surface area contributed by atoms with Gasteiger partial charge in [-0.1, -0.05) is 62.8 Å². The molecule has 0 aliphatic heterocycles. The van der Waals surface area contributed by atoms with Crippen LogP contribution in [0, 0.1) is 59.2 Å². The van der Waals surface area contributed by atoms with E-state index in [1.807, 2.05) is 0 Å². The summed E-state index contributed by atoms with van der Waals surface area (Å²) in [5.74, 6) is 6.25. The van der Waals surface area contributed by atoms with E-state index >= 15 is 0 Å². The van der Waals surface area contributed by atoms with Crippen molar-refractivity contribution in [3.05, 3.63) is 85.1 Å². The van der Waals surface area contributed by atoms with Gasteiger partial charge in [0.1, 0.15) is 0 Å². The predicted molar refractivity (Wildman–Crippen MR) is 98.9 cm³/mol. The van der Waals surface area contributed by atoms with Crippen LogP contribution in [0.2, 0.25) is 0 Å². The van der Waals surface area contributed by atoms with Crippen LogP contribution in [0.3, 0.4) is 0 Å². The van der Waals surface area contributed by atoms with Crippen molar-refractivity contribution in [1.82, 2.24) is 0 Å². The Balaban J connectivity index is 1.54. The topological polar surface area (TPSA) is 0 Å². The van der Waals surface area contributed by atoms with Crippen LogP contribution < -0.4 is 0 Å². The van der Waals surface area contributed by atoms with Gasteiger partial charge in [-0.05, 0) is 57.8 Å². The van der Waals surface area contributed by atoms with Crippen molar-refractivity contribution in [2.24, 2.45) is 59.2 Å². The highest BCUT2D eigenvalue weighted by molar-refractivity contribution is 5.50. The Hall–Kier alpha value is -1.82. The first-order valence-corrected chi connectivity index (χ1v) is 9.40. The van der Waals surface area contributed by atoms with E-state index in [1.165, 1.54) is 22.3 Å². The average molecular weight is 312 g/mol. The van der Waals surface area contributed by atoms with E-state index in [0.717, 1.165) is 23.7 Å². The fraction of sp³-hybridized carbons (Fsp3) is 0.417. The number of hydrogen-bond donors (Lipinski definition) is 0. The van der Waals surface area contributed by atoms with Gasteiger partial charge in [0.05, 0.1) is 0 Å². The fourth-order valence-electron chi connectivity index (χ4n) is 7.47. The second-order valence-electron chi connectivity index (χ2n) is 8.82. The molecule has 0 amide bonds. The SMILES string of the molecule is C=C1C(=C)[C@@H]2C=C[C@H]1[C@H]1C3C=CC([C@H]12)[C@H]1[C@@H]3[C@H]2C=C[C@@H]1C(=C)C2=C. The Morgan fingerprint density at radius 3 is 0.917 bits per heavy atom. The lowest BCUT2D eigenvalue weighted by atomic mass is 9.37. The molecule has 0 spiro atoms. The summed E-state index contributed by atoms with van der Waals surface area (Å²) in [6, 6.07) is 0. The second kappa shape index (κ2) is 4.04. The van der Waals surface area contributed by atoms with Gasteiger partial charge >= 0.3 is 0 Å². The zero-order chi connectivity index (χ0) is 16.3. The van der Waals surface area contributed by atoms with Gasteiger partial charge in [-0.15, -0.1) is 0 Å². The maximum absolute atomic E-state index is 4.41. The van der Waals surface area contributed by atoms with E-state index < -0.39 is 0 Å². The molecule has 9 aliphatic carbocycles. The summed E-state index contributed by atoms with van der Waals surface area (Å²) in [6.07, 6.45) is 14.9. The maximum Gasteiger partial charge on any atom is 0.00522 e. The summed E-state index contributed by atoms with van der Waals surface area (Å²) in [4.78, 5) is 0. The minimum atomic E-state index is 0.506. The highest BCUT2D eigenvalue weighted by atomic mass is 14.7. The standard InChI is InChI=1S/C24H24/c1-11-12(2)16-6-5-15(11)21-19-9-10-20(22(16)21)24-18-8-7-17(23(19)24)13(3)14(18)4/h5-10,15-24H,1-4H2/t15-,16+,17+,18-,19?,20?,21+,22-,23-,24+. The molecule has 10 atom stereocenters. The van der Waals surface area contributed by atoms with Crippen LogP contribution in [0.1, 0.15) is 0 Å². The highest BCUT2D eigenvalue weighted by Crippen LogP contribution is 2.69. The molecule has 2 unspecified atom stereocenters. The van der Waals surface area contributed by atoms with E-state index in [0.29, 0.717) is 35.5 Å². The molecular weight excluding hydrogens is 288 g/mol. The first-order valence-electron chi connectivity index (χ1n) is 9.40. The molecular formula is C24H24. The molecule has 9 rings (SSSR count). The van der Waals surface area contributed by atoms with E-state index in [9.17, 15) is 0 Å². The van der Waals surface area contributed by atoms with Crippen LogP contribution in [-0.4, -0.2) is 0 Å². The van der Waals surface area contributed by atoms with Gasteiger partial charge in [-0.2, -0.15) is 0 Å². The third-order valence-corrected chi connectivity index (χ3v) is 8.37. The zero-order valence-corrected chi connectivity index (χ0v) is 14.1. The molecule has 0 aromatic carbocycles. The Morgan fingerprint density at radius 1 is 0.417 bits per heavy atom. The molecule has 0 N–H and O–H groups in total. The molecule has 0 heterocycles. The minimum absolute atomic E-state index is 0.506. The number of hydrogen-bond acceptors (Lipinski definition) is 0. The molecule has 0 nitrogen and oxygen atoms in total. The lowest BCUT2D eigenvalue weighted by Crippen LogP contribution is -2.61. The van der Waals surface area contributed by atoms with E-state index in [4.69, 9.17) is 0 Å². The molecule has 0 aromatic rings. The molecule has 3 saturated carbocycles. The van der Waals surface area contributed by atoms with E-state index in [2.05, 4.69) is 62.8 Å². The van der Waals surface area contributed by atoms with Crippen molar-refractivity contribution in [3.8, 4) is 0 Å². The van der Waals surface area contributed by atoms with Crippen molar-refractivity contribution in [1.29, 1.82) is 0 Å². The molecule has 9 aliphatic rings. The minimum Gasteiger partial charge on any atom is -0.0949 e. The smallest absolute Gasteiger partial charge is 0.00522 e. The Morgan fingerprint density at radius 2 is 0.667 bits per heavy atom. The highest BCUT2D eigenvalue weighted by Gasteiger charge is 2.63. The normalized spacial score (nSPS) is 55.3. The molecule has 0 saturated heterocycles. The van der Waals surface area contributed by atoms with Gasteiger partial charge in [0.2, 0.25) is 0 Å². The van der Waals surface area contributed by atoms with Crippen LogP contribution in [0.15, 0.2) is 85.1 Å². The number of fused-ring (bicyclic) bond motifs is 2. The summed E-state index contributed by atoms with van der Waals surface area (Å²) < 4.78 is 0. The number of rotatable bonds is 0. The summed E-state index contributed by atoms with van der Waals surface area (Å²) in [7, 11) is 0. The van der Waals surface area contributed by atoms with Crippen LogP contribution in [0.25, 0.3) is 0 Å². The van der Waals surface area contributed by atoms with Crippen LogP contribution in [0.5, 0.6) is 0 Å². The Kier molecular flexibility index (Phi) is 2.27. The lowest BCUT2D eigenvalue weighted by Gasteiger charge is -2.66. The monoisotopic (exact) mass is 312 g/mol. The summed E-state index contributed by atoms with van der Waals surface area (Å²) in [5, 5.41) is 0. The van der Waals surface area contributed by atoms with Gasteiger partial charge in [0.15, 0.2) is 0 Å². The average Bonchev–Trinajstić information content (AvgIpc) is 2.62. The van der Waals surface area contributed by atoms with Crippen molar-refractivity contribution < 1.29 is 0 Å². The third-order valence-electron chi connectivity index (χ3n) is 8.37. The van der Waals surface area contributed by atoms with Gasteiger partial charge < -0.3 is 0 Å². The van der Waals surface area contributed by atoms with Crippen molar-refractivity contribution >= 4 is 0 Å². The van der Waals surface area contributed by atoms with Gasteiger partial charge in [0.25, 0.3) is 0 Å². The lowest BCUT2D eigenvalue weighted by molar-refractivity contribution is -0.0672. The Bertz CT molecular complexity index is 687. The summed E-state index contributed by atoms with van der Waals surface area (Å²) in [6.45, 7) is 17.6. The van der Waals surface area contributed by atoms with Crippen LogP contribution in [-0.2, 0) is 0 Å². The van der Waals surface area contributed by atoms with Crippen LogP contribution >= 0.6 is 0 Å². The molecule has 120 valence electrons. The predicted octanol–water partition coefficient (Wildman–Crippen LogP) is 5.12. The van der Waals surface area contributed by atoms with Gasteiger partial charge in [0, 0.05) is 23.7 Å². The summed E-state index contributed by atoms with van der Waals surface area (Å²) >= 11 is 0. The molecule has 3 fully saturated rings. The Labute approximate surface area is 144 Å². The molecule has 24 heavy (non-hydrogen) atoms. The molecule has 0 radical (unpaired) electrons. The van der Waals surface area contributed by atoms with E-state index in [-0.39, 0.29) is 0 Å². The van der Waals surface area contributed by atoms with Crippen LogP contribution in [0.4, 0.5) is 0 Å². The van der Waals surface area contributed by atoms with Gasteiger partial charge in [-0.3, -0.25) is 0 Å². The fourth-order valence-corrected chi connectivity index (χ4v) is 7.47. The van der Waals surface area contributed by atoms with Crippen molar-refractivity contribution in [2.75, 3.05) is 0 Å². The zero-order valence-electron chi connectivity index (χ0n) is 14.1. The largest absolute Gasteiger partial charge is 0.0949 e. The quantitative estimate of drug-likeness (QED) is 0.544. The van der Waals surface area contributed by atoms with Crippen molar-refractivity contribution in [2.45, 2.75) is 0 Å². The maximum atomic E-state index is 4.41. The van der Waals surface area contributed by atoms with E-state index in [1.54, 1.807) is 0 Å². The second-order valence-corrected chi connectivity index (χ2v) is 8.82. The van der Waals surface area contributed by atoms with Crippen molar-refractivity contribution in [3.63, 3.8) is 0 Å². The number of allylic oxidation sites excluding steroid dienone is 10. The summed E-state index contributed by atoms with van der Waals surface area (Å²) in [5.41, 5.74) is 5.23. The first kappa shape index (κ1) is 13.5. The molecule has 0 heteroatoms. The molecule has 0 aromatic heterocycles. The molecule has 6 bridgehead atoms. The first-order chi connectivity index (χ1) is 11.6.